The number of likely N-dealkylation sites (tertiary alicyclic amines) is 1. The van der Waals surface area contributed by atoms with Crippen molar-refractivity contribution >= 4 is 12.0 Å². The standard InChI is InChI=1S/C18H31NO4/c1-16(2,3)23-15(21)19-14(20)13(10-17(19,4)5)8-12-9-18(6,7)22-11-12/h12-13H,8-11H2,1-7H3/t12-,13-/m1/s1. The predicted molar refractivity (Wildman–Crippen MR) is 88.0 cm³/mol. The molecule has 0 unspecified atom stereocenters. The van der Waals surface area contributed by atoms with Crippen molar-refractivity contribution in [2.45, 2.75) is 84.5 Å². The van der Waals surface area contributed by atoms with Gasteiger partial charge in [0, 0.05) is 11.5 Å². The summed E-state index contributed by atoms with van der Waals surface area (Å²) in [7, 11) is 0. The third-order valence-electron chi connectivity index (χ3n) is 4.60. The lowest BCUT2D eigenvalue weighted by molar-refractivity contribution is -0.132. The molecule has 0 aliphatic carbocycles. The molecule has 2 atom stereocenters. The maximum atomic E-state index is 12.8. The van der Waals surface area contributed by atoms with E-state index in [0.717, 1.165) is 12.8 Å². The van der Waals surface area contributed by atoms with E-state index in [9.17, 15) is 9.59 Å². The Bertz CT molecular complexity index is 490. The summed E-state index contributed by atoms with van der Waals surface area (Å²) in [5.74, 6) is 0.155. The molecule has 0 radical (unpaired) electrons. The summed E-state index contributed by atoms with van der Waals surface area (Å²) in [6.07, 6.45) is 1.90. The van der Waals surface area contributed by atoms with Gasteiger partial charge in [0.25, 0.3) is 0 Å². The van der Waals surface area contributed by atoms with E-state index in [4.69, 9.17) is 9.47 Å². The van der Waals surface area contributed by atoms with Crippen LogP contribution in [0.4, 0.5) is 4.79 Å². The quantitative estimate of drug-likeness (QED) is 0.776. The summed E-state index contributed by atoms with van der Waals surface area (Å²) in [5, 5.41) is 0. The Morgan fingerprint density at radius 1 is 1.26 bits per heavy atom. The number of nitrogens with zero attached hydrogens (tertiary/aromatic N) is 1. The van der Waals surface area contributed by atoms with E-state index in [2.05, 4.69) is 13.8 Å². The van der Waals surface area contributed by atoms with Gasteiger partial charge in [-0.15, -0.1) is 0 Å². The molecule has 0 aromatic carbocycles. The Hall–Kier alpha value is -1.10. The van der Waals surface area contributed by atoms with Crippen LogP contribution in [0, 0.1) is 11.8 Å². The van der Waals surface area contributed by atoms with Crippen LogP contribution in [0.3, 0.4) is 0 Å². The van der Waals surface area contributed by atoms with Crippen molar-refractivity contribution in [3.05, 3.63) is 0 Å². The molecule has 5 nitrogen and oxygen atoms in total. The number of ether oxygens (including phenoxy) is 2. The van der Waals surface area contributed by atoms with E-state index < -0.39 is 17.2 Å². The van der Waals surface area contributed by atoms with E-state index in [1.54, 1.807) is 0 Å². The van der Waals surface area contributed by atoms with Crippen LogP contribution in [0.15, 0.2) is 0 Å². The van der Waals surface area contributed by atoms with Gasteiger partial charge >= 0.3 is 6.09 Å². The van der Waals surface area contributed by atoms with Gasteiger partial charge in [-0.05, 0) is 73.6 Å². The summed E-state index contributed by atoms with van der Waals surface area (Å²) < 4.78 is 11.2. The monoisotopic (exact) mass is 325 g/mol. The molecule has 2 aliphatic rings. The Morgan fingerprint density at radius 2 is 1.87 bits per heavy atom. The third kappa shape index (κ3) is 4.25. The van der Waals surface area contributed by atoms with Gasteiger partial charge in [0.1, 0.15) is 5.60 Å². The molecule has 23 heavy (non-hydrogen) atoms. The molecule has 0 saturated carbocycles. The summed E-state index contributed by atoms with van der Waals surface area (Å²) in [6.45, 7) is 14.2. The first kappa shape index (κ1) is 18.2. The highest BCUT2D eigenvalue weighted by atomic mass is 16.6. The van der Waals surface area contributed by atoms with Crippen molar-refractivity contribution in [1.82, 2.24) is 4.90 Å². The smallest absolute Gasteiger partial charge is 0.417 e. The minimum absolute atomic E-state index is 0.103. The fraction of sp³-hybridized carbons (Fsp3) is 0.889. The van der Waals surface area contributed by atoms with Gasteiger partial charge in [-0.1, -0.05) is 0 Å². The molecule has 2 fully saturated rings. The lowest BCUT2D eigenvalue weighted by Gasteiger charge is -2.31. The number of imide groups is 1. The van der Waals surface area contributed by atoms with Crippen molar-refractivity contribution in [2.24, 2.45) is 11.8 Å². The molecule has 0 aromatic rings. The maximum absolute atomic E-state index is 12.8. The Labute approximate surface area is 139 Å². The molecule has 0 aromatic heterocycles. The second-order valence-electron chi connectivity index (χ2n) is 9.24. The fourth-order valence-electron chi connectivity index (χ4n) is 3.80. The number of amides is 2. The molecule has 2 heterocycles. The molecule has 2 saturated heterocycles. The van der Waals surface area contributed by atoms with Crippen LogP contribution in [0.5, 0.6) is 0 Å². The van der Waals surface area contributed by atoms with Gasteiger partial charge in [-0.25, -0.2) is 9.69 Å². The van der Waals surface area contributed by atoms with Gasteiger partial charge in [-0.3, -0.25) is 4.79 Å². The fourth-order valence-corrected chi connectivity index (χ4v) is 3.80. The predicted octanol–water partition coefficient (Wildman–Crippen LogP) is 3.75. The minimum atomic E-state index is -0.602. The van der Waals surface area contributed by atoms with Crippen molar-refractivity contribution in [2.75, 3.05) is 6.61 Å². The lowest BCUT2D eigenvalue weighted by atomic mass is 9.86. The number of hydrogen-bond donors (Lipinski definition) is 0. The zero-order valence-electron chi connectivity index (χ0n) is 15.6. The molecule has 2 aliphatic heterocycles. The molecule has 0 bridgehead atoms. The molecule has 5 heteroatoms. The van der Waals surface area contributed by atoms with E-state index in [1.807, 2.05) is 34.6 Å². The average molecular weight is 325 g/mol. The molecule has 132 valence electrons. The number of hydrogen-bond acceptors (Lipinski definition) is 4. The zero-order valence-corrected chi connectivity index (χ0v) is 15.6. The first-order valence-corrected chi connectivity index (χ1v) is 8.52. The SMILES string of the molecule is CC(C)(C)OC(=O)N1C(=O)[C@H](C[C@H]2COC(C)(C)C2)CC1(C)C. The Balaban J connectivity index is 2.06. The highest BCUT2D eigenvalue weighted by Crippen LogP contribution is 2.41. The average Bonchev–Trinajstić information content (AvgIpc) is 2.74. The van der Waals surface area contributed by atoms with Gasteiger partial charge in [-0.2, -0.15) is 0 Å². The van der Waals surface area contributed by atoms with Crippen LogP contribution in [0.2, 0.25) is 0 Å². The normalized spacial score (nSPS) is 29.9. The van der Waals surface area contributed by atoms with Crippen molar-refractivity contribution in [3.63, 3.8) is 0 Å². The van der Waals surface area contributed by atoms with Crippen LogP contribution in [-0.2, 0) is 14.3 Å². The van der Waals surface area contributed by atoms with E-state index in [-0.39, 0.29) is 17.4 Å². The van der Waals surface area contributed by atoms with Crippen molar-refractivity contribution < 1.29 is 19.1 Å². The highest BCUT2D eigenvalue weighted by Gasteiger charge is 2.50. The second kappa shape index (κ2) is 5.76. The highest BCUT2D eigenvalue weighted by molar-refractivity contribution is 5.96. The third-order valence-corrected chi connectivity index (χ3v) is 4.60. The van der Waals surface area contributed by atoms with Gasteiger partial charge in [0.2, 0.25) is 5.91 Å². The van der Waals surface area contributed by atoms with Crippen LogP contribution in [0.25, 0.3) is 0 Å². The Morgan fingerprint density at radius 3 is 2.35 bits per heavy atom. The van der Waals surface area contributed by atoms with Crippen LogP contribution in [0.1, 0.15) is 67.7 Å². The van der Waals surface area contributed by atoms with Gasteiger partial charge in [0.15, 0.2) is 0 Å². The first-order chi connectivity index (χ1) is 10.3. The molecule has 2 amide bonds. The molecular formula is C18H31NO4. The van der Waals surface area contributed by atoms with Gasteiger partial charge < -0.3 is 9.47 Å². The van der Waals surface area contributed by atoms with Crippen molar-refractivity contribution in [1.29, 1.82) is 0 Å². The van der Waals surface area contributed by atoms with E-state index >= 15 is 0 Å². The molecular weight excluding hydrogens is 294 g/mol. The number of rotatable bonds is 2. The van der Waals surface area contributed by atoms with Crippen molar-refractivity contribution in [3.8, 4) is 0 Å². The zero-order chi connectivity index (χ0) is 17.6. The topological polar surface area (TPSA) is 55.8 Å². The van der Waals surface area contributed by atoms with Gasteiger partial charge in [0.05, 0.1) is 12.2 Å². The number of carbonyl (C=O) groups is 2. The summed E-state index contributed by atoms with van der Waals surface area (Å²) in [4.78, 5) is 26.5. The molecule has 2 rings (SSSR count). The largest absolute Gasteiger partial charge is 0.443 e. The lowest BCUT2D eigenvalue weighted by Crippen LogP contribution is -2.47. The molecule has 0 spiro atoms. The maximum Gasteiger partial charge on any atom is 0.417 e. The van der Waals surface area contributed by atoms with Crippen LogP contribution < -0.4 is 0 Å². The summed E-state index contributed by atoms with van der Waals surface area (Å²) in [6, 6.07) is 0. The summed E-state index contributed by atoms with van der Waals surface area (Å²) in [5.41, 5.74) is -1.21. The Kier molecular flexibility index (Phi) is 4.57. The van der Waals surface area contributed by atoms with Crippen LogP contribution >= 0.6 is 0 Å². The van der Waals surface area contributed by atoms with Crippen LogP contribution in [-0.4, -0.2) is 40.2 Å². The van der Waals surface area contributed by atoms with E-state index in [1.165, 1.54) is 4.90 Å². The summed E-state index contributed by atoms with van der Waals surface area (Å²) >= 11 is 0. The number of carbonyl (C=O) groups excluding carboxylic acids is 2. The second-order valence-corrected chi connectivity index (χ2v) is 9.24. The van der Waals surface area contributed by atoms with E-state index in [0.29, 0.717) is 18.9 Å². The first-order valence-electron chi connectivity index (χ1n) is 8.52. The minimum Gasteiger partial charge on any atom is -0.443 e. The molecule has 0 N–H and O–H groups in total.